The summed E-state index contributed by atoms with van der Waals surface area (Å²) >= 11 is 0. The van der Waals surface area contributed by atoms with Crippen LogP contribution >= 0.6 is 0 Å². The van der Waals surface area contributed by atoms with Crippen molar-refractivity contribution in [3.63, 3.8) is 0 Å². The number of rotatable bonds is 7. The highest BCUT2D eigenvalue weighted by atomic mass is 16.5. The van der Waals surface area contributed by atoms with Crippen molar-refractivity contribution in [2.24, 2.45) is 0 Å². The highest BCUT2D eigenvalue weighted by Gasteiger charge is 2.16. The second-order valence-electron chi connectivity index (χ2n) is 4.76. The minimum Gasteiger partial charge on any atom is -0.375 e. The SMILES string of the molecule is CN(C)CCCCNC(=O)CC1CNCCO1. The van der Waals surface area contributed by atoms with Gasteiger partial charge in [0.2, 0.25) is 5.91 Å². The number of carbonyl (C=O) groups excluding carboxylic acids is 1. The second-order valence-corrected chi connectivity index (χ2v) is 4.76. The lowest BCUT2D eigenvalue weighted by atomic mass is 10.2. The van der Waals surface area contributed by atoms with E-state index in [1.54, 1.807) is 0 Å². The Bertz CT molecular complexity index is 216. The molecule has 0 bridgehead atoms. The standard InChI is InChI=1S/C12H25N3O2/c1-15(2)7-4-3-5-14-12(16)9-11-10-13-6-8-17-11/h11,13H,3-10H2,1-2H3,(H,14,16). The van der Waals surface area contributed by atoms with Crippen molar-refractivity contribution < 1.29 is 9.53 Å². The quantitative estimate of drug-likeness (QED) is 0.609. The topological polar surface area (TPSA) is 53.6 Å². The molecular formula is C12H25N3O2. The molecule has 1 unspecified atom stereocenters. The minimum absolute atomic E-state index is 0.0468. The summed E-state index contributed by atoms with van der Waals surface area (Å²) in [6.07, 6.45) is 2.67. The summed E-state index contributed by atoms with van der Waals surface area (Å²) in [7, 11) is 4.12. The largest absolute Gasteiger partial charge is 0.375 e. The lowest BCUT2D eigenvalue weighted by Gasteiger charge is -2.23. The number of amides is 1. The van der Waals surface area contributed by atoms with E-state index >= 15 is 0 Å². The highest BCUT2D eigenvalue weighted by Crippen LogP contribution is 2.01. The summed E-state index contributed by atoms with van der Waals surface area (Å²) in [5, 5.41) is 6.16. The van der Waals surface area contributed by atoms with Crippen molar-refractivity contribution in [1.29, 1.82) is 0 Å². The number of nitrogens with zero attached hydrogens (tertiary/aromatic N) is 1. The Morgan fingerprint density at radius 1 is 1.47 bits per heavy atom. The van der Waals surface area contributed by atoms with Gasteiger partial charge < -0.3 is 20.3 Å². The van der Waals surface area contributed by atoms with Crippen LogP contribution in [0.15, 0.2) is 0 Å². The number of morpholine rings is 1. The lowest BCUT2D eigenvalue weighted by molar-refractivity contribution is -0.124. The molecule has 1 amide bonds. The molecule has 1 fully saturated rings. The van der Waals surface area contributed by atoms with Crippen LogP contribution in [0.4, 0.5) is 0 Å². The molecule has 0 spiro atoms. The first-order chi connectivity index (χ1) is 8.18. The maximum atomic E-state index is 11.6. The molecule has 100 valence electrons. The number of carbonyl (C=O) groups is 1. The van der Waals surface area contributed by atoms with Gasteiger partial charge in [-0.3, -0.25) is 4.79 Å². The molecule has 1 saturated heterocycles. The molecule has 0 aromatic heterocycles. The molecule has 0 radical (unpaired) electrons. The lowest BCUT2D eigenvalue weighted by Crippen LogP contribution is -2.41. The zero-order chi connectivity index (χ0) is 12.5. The van der Waals surface area contributed by atoms with E-state index in [2.05, 4.69) is 29.6 Å². The molecule has 0 aromatic carbocycles. The maximum absolute atomic E-state index is 11.6. The fourth-order valence-corrected chi connectivity index (χ4v) is 1.81. The van der Waals surface area contributed by atoms with Crippen LogP contribution < -0.4 is 10.6 Å². The molecule has 1 rings (SSSR count). The van der Waals surface area contributed by atoms with Gasteiger partial charge in [0.1, 0.15) is 0 Å². The Labute approximate surface area is 104 Å². The van der Waals surface area contributed by atoms with Gasteiger partial charge in [-0.1, -0.05) is 0 Å². The summed E-state index contributed by atoms with van der Waals surface area (Å²) in [6.45, 7) is 4.23. The van der Waals surface area contributed by atoms with Gasteiger partial charge in [0.05, 0.1) is 19.1 Å². The number of hydrogen-bond acceptors (Lipinski definition) is 4. The van der Waals surface area contributed by atoms with Gasteiger partial charge in [-0.2, -0.15) is 0 Å². The molecule has 2 N–H and O–H groups in total. The summed E-state index contributed by atoms with van der Waals surface area (Å²) in [5.41, 5.74) is 0. The van der Waals surface area contributed by atoms with Crippen molar-refractivity contribution in [3.8, 4) is 0 Å². The summed E-state index contributed by atoms with van der Waals surface area (Å²) in [4.78, 5) is 13.7. The Balaban J connectivity index is 1.97. The fourth-order valence-electron chi connectivity index (χ4n) is 1.81. The average molecular weight is 243 g/mol. The molecule has 1 aliphatic heterocycles. The van der Waals surface area contributed by atoms with E-state index in [-0.39, 0.29) is 12.0 Å². The van der Waals surface area contributed by atoms with E-state index in [9.17, 15) is 4.79 Å². The van der Waals surface area contributed by atoms with Gasteiger partial charge >= 0.3 is 0 Å². The number of hydrogen-bond donors (Lipinski definition) is 2. The Morgan fingerprint density at radius 2 is 2.29 bits per heavy atom. The van der Waals surface area contributed by atoms with Crippen molar-refractivity contribution in [3.05, 3.63) is 0 Å². The fraction of sp³-hybridized carbons (Fsp3) is 0.917. The first kappa shape index (κ1) is 14.4. The zero-order valence-corrected chi connectivity index (χ0v) is 11.0. The van der Waals surface area contributed by atoms with E-state index in [0.29, 0.717) is 13.0 Å². The third-order valence-corrected chi connectivity index (χ3v) is 2.77. The summed E-state index contributed by atoms with van der Waals surface area (Å²) in [6, 6.07) is 0. The molecule has 0 saturated carbocycles. The first-order valence-electron chi connectivity index (χ1n) is 6.42. The predicted octanol–water partition coefficient (Wildman–Crippen LogP) is -0.177. The van der Waals surface area contributed by atoms with E-state index in [1.807, 2.05) is 0 Å². The molecule has 1 aliphatic rings. The van der Waals surface area contributed by atoms with Gasteiger partial charge in [0.15, 0.2) is 0 Å². The van der Waals surface area contributed by atoms with E-state index in [4.69, 9.17) is 4.74 Å². The van der Waals surface area contributed by atoms with E-state index < -0.39 is 0 Å². The van der Waals surface area contributed by atoms with Gasteiger partial charge in [-0.25, -0.2) is 0 Å². The maximum Gasteiger partial charge on any atom is 0.222 e. The van der Waals surface area contributed by atoms with Crippen molar-refractivity contribution in [2.45, 2.75) is 25.4 Å². The van der Waals surface area contributed by atoms with Crippen LogP contribution in [0.1, 0.15) is 19.3 Å². The van der Waals surface area contributed by atoms with Crippen LogP contribution in [0.3, 0.4) is 0 Å². The summed E-state index contributed by atoms with van der Waals surface area (Å²) < 4.78 is 5.48. The van der Waals surface area contributed by atoms with Crippen LogP contribution in [0.25, 0.3) is 0 Å². The Hall–Kier alpha value is -0.650. The highest BCUT2D eigenvalue weighted by molar-refractivity contribution is 5.76. The average Bonchev–Trinajstić information content (AvgIpc) is 2.29. The van der Waals surface area contributed by atoms with Gasteiger partial charge in [0.25, 0.3) is 0 Å². The first-order valence-corrected chi connectivity index (χ1v) is 6.42. The van der Waals surface area contributed by atoms with Crippen LogP contribution in [0.5, 0.6) is 0 Å². The molecule has 0 aliphatic carbocycles. The second kappa shape index (κ2) is 8.44. The van der Waals surface area contributed by atoms with Gasteiger partial charge in [-0.05, 0) is 33.5 Å². The Kier molecular flexibility index (Phi) is 7.16. The number of nitrogens with one attached hydrogen (secondary N) is 2. The molecule has 5 heteroatoms. The summed E-state index contributed by atoms with van der Waals surface area (Å²) in [5.74, 6) is 0.101. The van der Waals surface area contributed by atoms with Crippen molar-refractivity contribution in [1.82, 2.24) is 15.5 Å². The molecular weight excluding hydrogens is 218 g/mol. The third-order valence-electron chi connectivity index (χ3n) is 2.77. The van der Waals surface area contributed by atoms with Gasteiger partial charge in [0, 0.05) is 19.6 Å². The van der Waals surface area contributed by atoms with E-state index in [0.717, 1.165) is 39.0 Å². The van der Waals surface area contributed by atoms with Crippen LogP contribution in [-0.4, -0.2) is 63.8 Å². The number of unbranched alkanes of at least 4 members (excludes halogenated alkanes) is 1. The molecule has 1 atom stereocenters. The molecule has 17 heavy (non-hydrogen) atoms. The normalized spacial score (nSPS) is 20.5. The van der Waals surface area contributed by atoms with Crippen molar-refractivity contribution >= 4 is 5.91 Å². The van der Waals surface area contributed by atoms with Gasteiger partial charge in [-0.15, -0.1) is 0 Å². The monoisotopic (exact) mass is 243 g/mol. The molecule has 5 nitrogen and oxygen atoms in total. The zero-order valence-electron chi connectivity index (χ0n) is 11.0. The molecule has 1 heterocycles. The van der Waals surface area contributed by atoms with Crippen LogP contribution in [-0.2, 0) is 9.53 Å². The Morgan fingerprint density at radius 3 is 2.94 bits per heavy atom. The van der Waals surface area contributed by atoms with Crippen molar-refractivity contribution in [2.75, 3.05) is 46.9 Å². The smallest absolute Gasteiger partial charge is 0.222 e. The third kappa shape index (κ3) is 7.31. The minimum atomic E-state index is 0.0468. The molecule has 0 aromatic rings. The van der Waals surface area contributed by atoms with Crippen LogP contribution in [0.2, 0.25) is 0 Å². The number of ether oxygens (including phenoxy) is 1. The van der Waals surface area contributed by atoms with Crippen LogP contribution in [0, 0.1) is 0 Å². The predicted molar refractivity (Wildman–Crippen MR) is 68.0 cm³/mol. The van der Waals surface area contributed by atoms with E-state index in [1.165, 1.54) is 0 Å².